The molecule has 5 rings (SSSR count). The van der Waals surface area contributed by atoms with Crippen LogP contribution < -0.4 is 0 Å². The van der Waals surface area contributed by atoms with Crippen LogP contribution >= 0.6 is 12.4 Å². The molecular formula is C28H28ClN. The van der Waals surface area contributed by atoms with Gasteiger partial charge in [-0.15, -0.1) is 12.4 Å². The molecule has 0 amide bonds. The molecule has 1 saturated heterocycles. The maximum atomic E-state index is 2.63. The maximum absolute atomic E-state index is 2.63. The lowest BCUT2D eigenvalue weighted by molar-refractivity contribution is 0.260. The molecule has 0 radical (unpaired) electrons. The van der Waals surface area contributed by atoms with E-state index in [1.165, 1.54) is 33.4 Å². The van der Waals surface area contributed by atoms with Gasteiger partial charge >= 0.3 is 0 Å². The van der Waals surface area contributed by atoms with Crippen LogP contribution in [0.3, 0.4) is 0 Å². The van der Waals surface area contributed by atoms with Gasteiger partial charge in [-0.1, -0.05) is 96.6 Å². The molecule has 1 aliphatic carbocycles. The van der Waals surface area contributed by atoms with E-state index in [4.69, 9.17) is 0 Å². The van der Waals surface area contributed by atoms with E-state index in [0.29, 0.717) is 0 Å². The molecule has 2 heteroatoms. The normalized spacial score (nSPS) is 15.7. The first kappa shape index (κ1) is 20.7. The molecule has 0 spiro atoms. The monoisotopic (exact) mass is 413 g/mol. The van der Waals surface area contributed by atoms with E-state index in [-0.39, 0.29) is 12.4 Å². The minimum Gasteiger partial charge on any atom is -0.302 e. The number of piperidine rings is 1. The molecule has 2 aliphatic rings. The van der Waals surface area contributed by atoms with Gasteiger partial charge in [0.15, 0.2) is 0 Å². The highest BCUT2D eigenvalue weighted by Gasteiger charge is 2.22. The molecule has 0 aromatic heterocycles. The van der Waals surface area contributed by atoms with Crippen LogP contribution in [0, 0.1) is 0 Å². The third-order valence-electron chi connectivity index (χ3n) is 6.28. The number of rotatable bonds is 3. The highest BCUT2D eigenvalue weighted by molar-refractivity contribution is 5.94. The predicted molar refractivity (Wildman–Crippen MR) is 131 cm³/mol. The number of fused-ring (bicyclic) bond motifs is 2. The molecule has 0 N–H and O–H groups in total. The van der Waals surface area contributed by atoms with Crippen LogP contribution in [0.25, 0.3) is 17.7 Å². The molecule has 1 heterocycles. The standard InChI is InChI=1S/C28H27N.ClH/c1-2-8-22(9-3-1)16-19-29-20-17-25(18-21-29)28-26-12-6-4-10-23(26)14-15-24-11-5-7-13-27(24)28;/h1-15H,16-21H2;1H. The highest BCUT2D eigenvalue weighted by atomic mass is 35.5. The number of hydrogen-bond donors (Lipinski definition) is 0. The molecule has 1 aliphatic heterocycles. The Labute approximate surface area is 186 Å². The lowest BCUT2D eigenvalue weighted by Gasteiger charge is -2.30. The number of benzene rings is 3. The third-order valence-corrected chi connectivity index (χ3v) is 6.28. The number of halogens is 1. The van der Waals surface area contributed by atoms with Crippen molar-refractivity contribution in [3.05, 3.63) is 112 Å². The van der Waals surface area contributed by atoms with Gasteiger partial charge < -0.3 is 4.90 Å². The maximum Gasteiger partial charge on any atom is 0.00221 e. The molecule has 3 aromatic carbocycles. The summed E-state index contributed by atoms with van der Waals surface area (Å²) in [5, 5.41) is 0. The van der Waals surface area contributed by atoms with E-state index in [1.54, 1.807) is 5.57 Å². The molecule has 0 unspecified atom stereocenters. The van der Waals surface area contributed by atoms with Gasteiger partial charge in [0, 0.05) is 19.6 Å². The first-order chi connectivity index (χ1) is 14.4. The Bertz CT molecular complexity index is 1000. The van der Waals surface area contributed by atoms with Crippen molar-refractivity contribution in [2.45, 2.75) is 19.3 Å². The molecule has 0 bridgehead atoms. The SMILES string of the molecule is C1=Cc2ccccc2C(=C2CCN(CCc3ccccc3)CC2)c2ccccc21.Cl. The molecule has 0 saturated carbocycles. The van der Waals surface area contributed by atoms with Gasteiger partial charge in [-0.3, -0.25) is 0 Å². The fourth-order valence-corrected chi connectivity index (χ4v) is 4.67. The Hall–Kier alpha value is -2.61. The van der Waals surface area contributed by atoms with Crippen molar-refractivity contribution in [3.63, 3.8) is 0 Å². The summed E-state index contributed by atoms with van der Waals surface area (Å²) >= 11 is 0. The van der Waals surface area contributed by atoms with Crippen molar-refractivity contribution in [2.75, 3.05) is 19.6 Å². The van der Waals surface area contributed by atoms with E-state index in [9.17, 15) is 0 Å². The molecule has 1 fully saturated rings. The fraction of sp³-hybridized carbons (Fsp3) is 0.214. The molecule has 30 heavy (non-hydrogen) atoms. The van der Waals surface area contributed by atoms with Gasteiger partial charge in [-0.25, -0.2) is 0 Å². The third kappa shape index (κ3) is 4.28. The summed E-state index contributed by atoms with van der Waals surface area (Å²) in [4.78, 5) is 2.63. The summed E-state index contributed by atoms with van der Waals surface area (Å²) in [6.07, 6.45) is 8.01. The van der Waals surface area contributed by atoms with Gasteiger partial charge in [0.1, 0.15) is 0 Å². The van der Waals surface area contributed by atoms with E-state index in [2.05, 4.69) is 95.9 Å². The first-order valence-electron chi connectivity index (χ1n) is 10.7. The summed E-state index contributed by atoms with van der Waals surface area (Å²) < 4.78 is 0. The fourth-order valence-electron chi connectivity index (χ4n) is 4.67. The van der Waals surface area contributed by atoms with Crippen LogP contribution in [0.5, 0.6) is 0 Å². The molecule has 1 nitrogen and oxygen atoms in total. The molecular weight excluding hydrogens is 386 g/mol. The number of hydrogen-bond acceptors (Lipinski definition) is 1. The van der Waals surface area contributed by atoms with Crippen molar-refractivity contribution >= 4 is 30.1 Å². The van der Waals surface area contributed by atoms with E-state index >= 15 is 0 Å². The quantitative estimate of drug-likeness (QED) is 0.359. The van der Waals surface area contributed by atoms with Gasteiger partial charge in [-0.05, 0) is 52.7 Å². The Morgan fingerprint density at radius 1 is 0.633 bits per heavy atom. The van der Waals surface area contributed by atoms with Crippen molar-refractivity contribution in [2.24, 2.45) is 0 Å². The smallest absolute Gasteiger partial charge is 0.00221 e. The van der Waals surface area contributed by atoms with E-state index in [0.717, 1.165) is 38.9 Å². The molecule has 3 aromatic rings. The van der Waals surface area contributed by atoms with Crippen molar-refractivity contribution in [1.82, 2.24) is 4.90 Å². The second-order valence-electron chi connectivity index (χ2n) is 8.06. The van der Waals surface area contributed by atoms with Crippen LogP contribution in [0.2, 0.25) is 0 Å². The summed E-state index contributed by atoms with van der Waals surface area (Å²) in [6, 6.07) is 28.6. The Balaban J connectivity index is 0.00000218. The lowest BCUT2D eigenvalue weighted by Crippen LogP contribution is -2.32. The summed E-state index contributed by atoms with van der Waals surface area (Å²) in [5.74, 6) is 0. The average molecular weight is 414 g/mol. The minimum atomic E-state index is 0. The summed E-state index contributed by atoms with van der Waals surface area (Å²) in [5.41, 5.74) is 9.97. The van der Waals surface area contributed by atoms with Crippen LogP contribution in [0.4, 0.5) is 0 Å². The molecule has 0 atom stereocenters. The van der Waals surface area contributed by atoms with Crippen LogP contribution in [-0.4, -0.2) is 24.5 Å². The Kier molecular flexibility index (Phi) is 6.52. The highest BCUT2D eigenvalue weighted by Crippen LogP contribution is 2.38. The van der Waals surface area contributed by atoms with Crippen LogP contribution in [0.1, 0.15) is 40.7 Å². The Morgan fingerprint density at radius 2 is 1.17 bits per heavy atom. The van der Waals surface area contributed by atoms with Crippen molar-refractivity contribution in [1.29, 1.82) is 0 Å². The lowest BCUT2D eigenvalue weighted by atomic mass is 9.86. The second kappa shape index (κ2) is 9.47. The largest absolute Gasteiger partial charge is 0.302 e. The first-order valence-corrected chi connectivity index (χ1v) is 10.7. The summed E-state index contributed by atoms with van der Waals surface area (Å²) in [6.45, 7) is 3.47. The van der Waals surface area contributed by atoms with Gasteiger partial charge in [0.25, 0.3) is 0 Å². The van der Waals surface area contributed by atoms with Crippen LogP contribution in [0.15, 0.2) is 84.4 Å². The van der Waals surface area contributed by atoms with E-state index in [1.807, 2.05) is 0 Å². The Morgan fingerprint density at radius 3 is 1.77 bits per heavy atom. The van der Waals surface area contributed by atoms with Gasteiger partial charge in [0.2, 0.25) is 0 Å². The zero-order valence-electron chi connectivity index (χ0n) is 17.3. The zero-order valence-corrected chi connectivity index (χ0v) is 18.1. The van der Waals surface area contributed by atoms with Gasteiger partial charge in [-0.2, -0.15) is 0 Å². The molecule has 152 valence electrons. The van der Waals surface area contributed by atoms with Gasteiger partial charge in [0.05, 0.1) is 0 Å². The van der Waals surface area contributed by atoms with E-state index < -0.39 is 0 Å². The topological polar surface area (TPSA) is 3.24 Å². The van der Waals surface area contributed by atoms with Crippen molar-refractivity contribution < 1.29 is 0 Å². The number of nitrogens with zero attached hydrogens (tertiary/aromatic N) is 1. The average Bonchev–Trinajstić information content (AvgIpc) is 2.96. The predicted octanol–water partition coefficient (Wildman–Crippen LogP) is 6.73. The zero-order chi connectivity index (χ0) is 19.5. The van der Waals surface area contributed by atoms with Crippen molar-refractivity contribution in [3.8, 4) is 0 Å². The second-order valence-corrected chi connectivity index (χ2v) is 8.06. The number of likely N-dealkylation sites (tertiary alicyclic amines) is 1. The minimum absolute atomic E-state index is 0. The van der Waals surface area contributed by atoms with Crippen LogP contribution in [-0.2, 0) is 6.42 Å². The summed E-state index contributed by atoms with van der Waals surface area (Å²) in [7, 11) is 0.